The number of para-hydroxylation sites is 2. The van der Waals surface area contributed by atoms with E-state index in [1.165, 1.54) is 0 Å². The molecule has 0 saturated carbocycles. The Morgan fingerprint density at radius 1 is 1.44 bits per heavy atom. The van der Waals surface area contributed by atoms with E-state index in [-0.39, 0.29) is 0 Å². The summed E-state index contributed by atoms with van der Waals surface area (Å²) in [7, 11) is 0. The molecule has 84 valence electrons. The van der Waals surface area contributed by atoms with E-state index < -0.39 is 5.60 Å². The summed E-state index contributed by atoms with van der Waals surface area (Å²) in [6, 6.07) is 8.00. The summed E-state index contributed by atoms with van der Waals surface area (Å²) in [6.45, 7) is 2.17. The maximum atomic E-state index is 10.3. The molecule has 2 aromatic rings. The van der Waals surface area contributed by atoms with E-state index in [1.54, 1.807) is 6.33 Å². The molecule has 1 fully saturated rings. The van der Waals surface area contributed by atoms with Crippen LogP contribution in [-0.2, 0) is 6.54 Å². The summed E-state index contributed by atoms with van der Waals surface area (Å²) in [6.07, 6.45) is 2.61. The molecule has 1 atom stereocenters. The number of aliphatic hydroxyl groups is 1. The summed E-state index contributed by atoms with van der Waals surface area (Å²) >= 11 is 0. The molecule has 0 radical (unpaired) electrons. The van der Waals surface area contributed by atoms with Gasteiger partial charge in [-0.1, -0.05) is 12.1 Å². The minimum atomic E-state index is -0.622. The van der Waals surface area contributed by atoms with Crippen LogP contribution in [0.4, 0.5) is 0 Å². The monoisotopic (exact) mass is 217 g/mol. The topological polar surface area (TPSA) is 50.1 Å². The number of benzene rings is 1. The van der Waals surface area contributed by atoms with Gasteiger partial charge in [0.1, 0.15) is 0 Å². The lowest BCUT2D eigenvalue weighted by Crippen LogP contribution is -2.36. The summed E-state index contributed by atoms with van der Waals surface area (Å²) in [4.78, 5) is 4.32. The number of rotatable bonds is 2. The molecule has 4 heteroatoms. The van der Waals surface area contributed by atoms with E-state index in [9.17, 15) is 5.11 Å². The minimum Gasteiger partial charge on any atom is -0.387 e. The fraction of sp³-hybridized carbons (Fsp3) is 0.417. The Morgan fingerprint density at radius 2 is 2.31 bits per heavy atom. The quantitative estimate of drug-likeness (QED) is 0.781. The van der Waals surface area contributed by atoms with E-state index in [0.29, 0.717) is 13.1 Å². The average molecular weight is 217 g/mol. The van der Waals surface area contributed by atoms with Gasteiger partial charge in [-0.15, -0.1) is 0 Å². The van der Waals surface area contributed by atoms with Crippen LogP contribution < -0.4 is 5.32 Å². The van der Waals surface area contributed by atoms with Gasteiger partial charge in [0.25, 0.3) is 0 Å². The molecule has 1 aromatic carbocycles. The van der Waals surface area contributed by atoms with Crippen molar-refractivity contribution in [3.05, 3.63) is 30.6 Å². The largest absolute Gasteiger partial charge is 0.387 e. The highest BCUT2D eigenvalue weighted by Crippen LogP contribution is 2.20. The normalized spacial score (nSPS) is 25.3. The highest BCUT2D eigenvalue weighted by molar-refractivity contribution is 5.74. The third-order valence-corrected chi connectivity index (χ3v) is 3.21. The third kappa shape index (κ3) is 1.60. The van der Waals surface area contributed by atoms with Crippen molar-refractivity contribution in [3.8, 4) is 0 Å². The summed E-state index contributed by atoms with van der Waals surface area (Å²) < 4.78 is 2.03. The molecule has 4 nitrogen and oxygen atoms in total. The predicted octanol–water partition coefficient (Wildman–Crippen LogP) is 0.761. The fourth-order valence-electron chi connectivity index (χ4n) is 2.32. The van der Waals surface area contributed by atoms with Crippen molar-refractivity contribution < 1.29 is 5.11 Å². The van der Waals surface area contributed by atoms with Crippen LogP contribution in [0.3, 0.4) is 0 Å². The maximum Gasteiger partial charge on any atom is 0.0961 e. The van der Waals surface area contributed by atoms with Gasteiger partial charge in [-0.3, -0.25) is 0 Å². The first-order chi connectivity index (χ1) is 7.77. The maximum absolute atomic E-state index is 10.3. The molecule has 0 spiro atoms. The van der Waals surface area contributed by atoms with Crippen LogP contribution in [-0.4, -0.2) is 33.3 Å². The molecule has 2 N–H and O–H groups in total. The number of hydrogen-bond donors (Lipinski definition) is 2. The van der Waals surface area contributed by atoms with Crippen LogP contribution in [0, 0.1) is 0 Å². The van der Waals surface area contributed by atoms with E-state index in [0.717, 1.165) is 24.0 Å². The Kier molecular flexibility index (Phi) is 2.19. The summed E-state index contributed by atoms with van der Waals surface area (Å²) in [5.74, 6) is 0. The molecular weight excluding hydrogens is 202 g/mol. The van der Waals surface area contributed by atoms with E-state index in [4.69, 9.17) is 0 Å². The van der Waals surface area contributed by atoms with Crippen molar-refractivity contribution in [2.24, 2.45) is 0 Å². The second-order valence-corrected chi connectivity index (χ2v) is 4.51. The van der Waals surface area contributed by atoms with E-state index in [2.05, 4.69) is 10.3 Å². The molecule has 0 bridgehead atoms. The number of nitrogens with zero attached hydrogens (tertiary/aromatic N) is 2. The lowest BCUT2D eigenvalue weighted by molar-refractivity contribution is 0.0443. The second kappa shape index (κ2) is 3.57. The third-order valence-electron chi connectivity index (χ3n) is 3.21. The molecule has 1 aliphatic rings. The lowest BCUT2D eigenvalue weighted by atomic mass is 10.0. The first-order valence-electron chi connectivity index (χ1n) is 5.60. The molecule has 3 rings (SSSR count). The number of β-amino-alcohol motifs (C(OH)–C–C–N with tert-alkyl or cyclic N) is 1. The molecule has 0 amide bonds. The van der Waals surface area contributed by atoms with Crippen molar-refractivity contribution in [2.75, 3.05) is 13.1 Å². The Bertz CT molecular complexity index is 500. The number of fused-ring (bicyclic) bond motifs is 1. The van der Waals surface area contributed by atoms with E-state index >= 15 is 0 Å². The summed E-state index contributed by atoms with van der Waals surface area (Å²) in [5.41, 5.74) is 1.45. The molecule has 1 saturated heterocycles. The van der Waals surface area contributed by atoms with Crippen LogP contribution in [0.5, 0.6) is 0 Å². The standard InChI is InChI=1S/C12H15N3O/c16-12(5-6-13-7-12)8-15-9-14-10-3-1-2-4-11(10)15/h1-4,9,13,16H,5-8H2. The van der Waals surface area contributed by atoms with Gasteiger partial charge in [-0.05, 0) is 25.1 Å². The summed E-state index contributed by atoms with van der Waals surface area (Å²) in [5, 5.41) is 13.5. The number of imidazole rings is 1. The first-order valence-corrected chi connectivity index (χ1v) is 5.60. The molecule has 1 aliphatic heterocycles. The SMILES string of the molecule is OC1(Cn2cnc3ccccc32)CCNC1. The first kappa shape index (κ1) is 9.81. The van der Waals surface area contributed by atoms with Crippen molar-refractivity contribution >= 4 is 11.0 Å². The van der Waals surface area contributed by atoms with Gasteiger partial charge in [0, 0.05) is 6.54 Å². The van der Waals surface area contributed by atoms with Gasteiger partial charge in [-0.25, -0.2) is 4.98 Å². The zero-order valence-corrected chi connectivity index (χ0v) is 9.06. The van der Waals surface area contributed by atoms with Crippen LogP contribution in [0.2, 0.25) is 0 Å². The van der Waals surface area contributed by atoms with Crippen molar-refractivity contribution in [1.82, 2.24) is 14.9 Å². The number of aromatic nitrogens is 2. The van der Waals surface area contributed by atoms with Crippen LogP contribution in [0.25, 0.3) is 11.0 Å². The van der Waals surface area contributed by atoms with Crippen molar-refractivity contribution in [1.29, 1.82) is 0 Å². The Labute approximate surface area is 93.9 Å². The van der Waals surface area contributed by atoms with Crippen molar-refractivity contribution in [3.63, 3.8) is 0 Å². The van der Waals surface area contributed by atoms with Gasteiger partial charge in [0.15, 0.2) is 0 Å². The van der Waals surface area contributed by atoms with Gasteiger partial charge >= 0.3 is 0 Å². The molecule has 0 aliphatic carbocycles. The molecule has 1 unspecified atom stereocenters. The Balaban J connectivity index is 1.94. The fourth-order valence-corrected chi connectivity index (χ4v) is 2.32. The highest BCUT2D eigenvalue weighted by Gasteiger charge is 2.31. The Hall–Kier alpha value is -1.39. The average Bonchev–Trinajstić information content (AvgIpc) is 2.87. The van der Waals surface area contributed by atoms with Gasteiger partial charge < -0.3 is 15.0 Å². The van der Waals surface area contributed by atoms with Crippen LogP contribution in [0.1, 0.15) is 6.42 Å². The van der Waals surface area contributed by atoms with Crippen LogP contribution in [0.15, 0.2) is 30.6 Å². The van der Waals surface area contributed by atoms with Crippen molar-refractivity contribution in [2.45, 2.75) is 18.6 Å². The van der Waals surface area contributed by atoms with E-state index in [1.807, 2.05) is 28.8 Å². The Morgan fingerprint density at radius 3 is 3.12 bits per heavy atom. The highest BCUT2D eigenvalue weighted by atomic mass is 16.3. The van der Waals surface area contributed by atoms with Gasteiger partial charge in [0.2, 0.25) is 0 Å². The lowest BCUT2D eigenvalue weighted by Gasteiger charge is -2.21. The van der Waals surface area contributed by atoms with Gasteiger partial charge in [0.05, 0.1) is 29.5 Å². The molecule has 2 heterocycles. The minimum absolute atomic E-state index is 0.612. The van der Waals surface area contributed by atoms with Crippen LogP contribution >= 0.6 is 0 Å². The second-order valence-electron chi connectivity index (χ2n) is 4.51. The smallest absolute Gasteiger partial charge is 0.0961 e. The van der Waals surface area contributed by atoms with Gasteiger partial charge in [-0.2, -0.15) is 0 Å². The zero-order chi connectivity index (χ0) is 11.0. The molecule has 16 heavy (non-hydrogen) atoms. The zero-order valence-electron chi connectivity index (χ0n) is 9.06. The predicted molar refractivity (Wildman–Crippen MR) is 62.2 cm³/mol. The molecule has 1 aromatic heterocycles. The number of nitrogens with one attached hydrogen (secondary N) is 1. The number of hydrogen-bond acceptors (Lipinski definition) is 3. The molecular formula is C12H15N3O.